The van der Waals surface area contributed by atoms with Gasteiger partial charge in [-0.3, -0.25) is 19.9 Å². The van der Waals surface area contributed by atoms with Crippen LogP contribution in [0.25, 0.3) is 11.3 Å². The average molecular weight is 313 g/mol. The molecule has 3 aromatic rings. The van der Waals surface area contributed by atoms with Gasteiger partial charge in [-0.15, -0.1) is 11.3 Å². The highest BCUT2D eigenvalue weighted by Gasteiger charge is 2.12. The van der Waals surface area contributed by atoms with Gasteiger partial charge in [-0.1, -0.05) is 6.07 Å². The van der Waals surface area contributed by atoms with E-state index in [1.807, 2.05) is 0 Å². The molecule has 0 saturated heterocycles. The van der Waals surface area contributed by atoms with E-state index in [0.717, 1.165) is 5.56 Å². The maximum atomic E-state index is 12.0. The fraction of sp³-hybridized carbons (Fsp3) is 0. The number of hydrogen-bond donors (Lipinski definition) is 3. The zero-order chi connectivity index (χ0) is 15.5. The zero-order valence-corrected chi connectivity index (χ0v) is 12.1. The van der Waals surface area contributed by atoms with Gasteiger partial charge in [0.25, 0.3) is 11.8 Å². The fourth-order valence-electron chi connectivity index (χ4n) is 1.81. The van der Waals surface area contributed by atoms with E-state index in [1.165, 1.54) is 11.3 Å². The molecule has 0 aliphatic carbocycles. The lowest BCUT2D eigenvalue weighted by Crippen LogP contribution is -2.13. The van der Waals surface area contributed by atoms with Crippen LogP contribution in [0.3, 0.4) is 0 Å². The molecule has 8 heteroatoms. The first-order valence-corrected chi connectivity index (χ1v) is 7.18. The summed E-state index contributed by atoms with van der Waals surface area (Å²) < 4.78 is 0. The van der Waals surface area contributed by atoms with Gasteiger partial charge in [0.2, 0.25) is 0 Å². The first-order valence-electron chi connectivity index (χ1n) is 6.30. The SMILES string of the molecule is NC(=O)c1cc(-c2csc(NC(=O)c3ccccn3)n2)c[nH]1. The molecule has 7 nitrogen and oxygen atoms in total. The topological polar surface area (TPSA) is 114 Å². The molecule has 0 radical (unpaired) electrons. The third kappa shape index (κ3) is 2.86. The van der Waals surface area contributed by atoms with Crippen LogP contribution >= 0.6 is 11.3 Å². The van der Waals surface area contributed by atoms with E-state index in [0.29, 0.717) is 22.2 Å². The van der Waals surface area contributed by atoms with Crippen molar-refractivity contribution in [3.63, 3.8) is 0 Å². The van der Waals surface area contributed by atoms with Crippen LogP contribution in [0, 0.1) is 0 Å². The molecule has 3 heterocycles. The third-order valence-corrected chi connectivity index (χ3v) is 3.62. The number of primary amides is 1. The van der Waals surface area contributed by atoms with Crippen molar-refractivity contribution in [2.24, 2.45) is 5.73 Å². The predicted molar refractivity (Wildman–Crippen MR) is 82.6 cm³/mol. The highest BCUT2D eigenvalue weighted by molar-refractivity contribution is 7.14. The molecule has 0 aliphatic heterocycles. The first-order chi connectivity index (χ1) is 10.6. The Labute approximate surface area is 129 Å². The van der Waals surface area contributed by atoms with Crippen molar-refractivity contribution in [2.45, 2.75) is 0 Å². The van der Waals surface area contributed by atoms with E-state index < -0.39 is 5.91 Å². The Bertz CT molecular complexity index is 825. The van der Waals surface area contributed by atoms with Crippen molar-refractivity contribution in [1.82, 2.24) is 15.0 Å². The maximum Gasteiger partial charge on any atom is 0.276 e. The molecule has 0 aliphatic rings. The van der Waals surface area contributed by atoms with Gasteiger partial charge < -0.3 is 10.7 Å². The van der Waals surface area contributed by atoms with Gasteiger partial charge in [-0.05, 0) is 18.2 Å². The number of aromatic amines is 1. The molecule has 2 amide bonds. The zero-order valence-electron chi connectivity index (χ0n) is 11.2. The molecule has 4 N–H and O–H groups in total. The number of amides is 2. The number of aromatic nitrogens is 3. The summed E-state index contributed by atoms with van der Waals surface area (Å²) in [5.74, 6) is -0.862. The molecule has 22 heavy (non-hydrogen) atoms. The second-order valence-electron chi connectivity index (χ2n) is 4.37. The van der Waals surface area contributed by atoms with E-state index in [4.69, 9.17) is 5.73 Å². The third-order valence-electron chi connectivity index (χ3n) is 2.87. The smallest absolute Gasteiger partial charge is 0.276 e. The van der Waals surface area contributed by atoms with Crippen LogP contribution < -0.4 is 11.1 Å². The van der Waals surface area contributed by atoms with Gasteiger partial charge in [0, 0.05) is 23.3 Å². The van der Waals surface area contributed by atoms with Crippen LogP contribution in [0.5, 0.6) is 0 Å². The summed E-state index contributed by atoms with van der Waals surface area (Å²) >= 11 is 1.28. The summed E-state index contributed by atoms with van der Waals surface area (Å²) in [7, 11) is 0. The molecule has 3 rings (SSSR count). The minimum atomic E-state index is -0.537. The van der Waals surface area contributed by atoms with Crippen LogP contribution in [-0.2, 0) is 0 Å². The predicted octanol–water partition coefficient (Wildman–Crippen LogP) is 1.88. The Balaban J connectivity index is 1.76. The van der Waals surface area contributed by atoms with Crippen LogP contribution in [0.1, 0.15) is 21.0 Å². The second kappa shape index (κ2) is 5.78. The highest BCUT2D eigenvalue weighted by atomic mass is 32.1. The van der Waals surface area contributed by atoms with Crippen LogP contribution in [-0.4, -0.2) is 26.8 Å². The standard InChI is InChI=1S/C14H11N5O2S/c15-12(20)10-5-8(6-17-10)11-7-22-14(18-11)19-13(21)9-3-1-2-4-16-9/h1-7,17H,(H2,15,20)(H,18,19,21). The van der Waals surface area contributed by atoms with Gasteiger partial charge in [0.15, 0.2) is 5.13 Å². The number of hydrogen-bond acceptors (Lipinski definition) is 5. The summed E-state index contributed by atoms with van der Waals surface area (Å²) in [6.07, 6.45) is 3.19. The number of H-pyrrole nitrogens is 1. The number of carbonyl (C=O) groups is 2. The summed E-state index contributed by atoms with van der Waals surface area (Å²) in [5, 5.41) is 4.91. The van der Waals surface area contributed by atoms with Crippen LogP contribution in [0.4, 0.5) is 5.13 Å². The van der Waals surface area contributed by atoms with E-state index in [2.05, 4.69) is 20.3 Å². The Morgan fingerprint density at radius 2 is 2.18 bits per heavy atom. The van der Waals surface area contributed by atoms with Crippen LogP contribution in [0.2, 0.25) is 0 Å². The van der Waals surface area contributed by atoms with Crippen molar-refractivity contribution in [2.75, 3.05) is 5.32 Å². The minimum absolute atomic E-state index is 0.307. The first kappa shape index (κ1) is 14.0. The van der Waals surface area contributed by atoms with Crippen LogP contribution in [0.15, 0.2) is 42.0 Å². The number of pyridine rings is 1. The molecule has 0 atom stereocenters. The monoisotopic (exact) mass is 313 g/mol. The van der Waals surface area contributed by atoms with E-state index in [9.17, 15) is 9.59 Å². The molecule has 110 valence electrons. The molecular weight excluding hydrogens is 302 g/mol. The molecule has 0 unspecified atom stereocenters. The number of thiazole rings is 1. The molecule has 0 aromatic carbocycles. The average Bonchev–Trinajstić information content (AvgIpc) is 3.16. The Kier molecular flexibility index (Phi) is 3.67. The molecule has 3 aromatic heterocycles. The van der Waals surface area contributed by atoms with E-state index in [-0.39, 0.29) is 5.91 Å². The Morgan fingerprint density at radius 3 is 2.86 bits per heavy atom. The number of rotatable bonds is 4. The van der Waals surface area contributed by atoms with Crippen molar-refractivity contribution in [1.29, 1.82) is 0 Å². The van der Waals surface area contributed by atoms with Gasteiger partial charge in [-0.2, -0.15) is 0 Å². The fourth-order valence-corrected chi connectivity index (χ4v) is 2.52. The summed E-state index contributed by atoms with van der Waals surface area (Å²) in [5.41, 5.74) is 7.18. The Hall–Kier alpha value is -3.00. The summed E-state index contributed by atoms with van der Waals surface area (Å²) in [4.78, 5) is 34.1. The number of nitrogens with one attached hydrogen (secondary N) is 2. The lowest BCUT2D eigenvalue weighted by Gasteiger charge is -1.99. The molecular formula is C14H11N5O2S. The maximum absolute atomic E-state index is 12.0. The van der Waals surface area contributed by atoms with E-state index >= 15 is 0 Å². The number of nitrogens with zero attached hydrogens (tertiary/aromatic N) is 2. The molecule has 0 bridgehead atoms. The van der Waals surface area contributed by atoms with Crippen molar-refractivity contribution < 1.29 is 9.59 Å². The number of anilines is 1. The summed E-state index contributed by atoms with van der Waals surface area (Å²) in [6.45, 7) is 0. The largest absolute Gasteiger partial charge is 0.364 e. The van der Waals surface area contributed by atoms with Crippen molar-refractivity contribution in [3.8, 4) is 11.3 Å². The second-order valence-corrected chi connectivity index (χ2v) is 5.23. The highest BCUT2D eigenvalue weighted by Crippen LogP contribution is 2.25. The van der Waals surface area contributed by atoms with Crippen molar-refractivity contribution >= 4 is 28.3 Å². The molecule has 0 fully saturated rings. The molecule has 0 saturated carbocycles. The lowest BCUT2D eigenvalue weighted by molar-refractivity contribution is 0.0993. The molecule has 0 spiro atoms. The minimum Gasteiger partial charge on any atom is -0.364 e. The van der Waals surface area contributed by atoms with Gasteiger partial charge in [0.1, 0.15) is 11.4 Å². The normalized spacial score (nSPS) is 10.4. The Morgan fingerprint density at radius 1 is 1.32 bits per heavy atom. The van der Waals surface area contributed by atoms with Gasteiger partial charge in [0.05, 0.1) is 5.69 Å². The van der Waals surface area contributed by atoms with E-state index in [1.54, 1.807) is 42.0 Å². The van der Waals surface area contributed by atoms with Gasteiger partial charge >= 0.3 is 0 Å². The van der Waals surface area contributed by atoms with Crippen molar-refractivity contribution in [3.05, 3.63) is 53.4 Å². The number of nitrogens with two attached hydrogens (primary N) is 1. The lowest BCUT2D eigenvalue weighted by atomic mass is 10.2. The quantitative estimate of drug-likeness (QED) is 0.682. The van der Waals surface area contributed by atoms with Gasteiger partial charge in [-0.25, -0.2) is 4.98 Å². The summed E-state index contributed by atoms with van der Waals surface area (Å²) in [6, 6.07) is 6.71. The number of carbonyl (C=O) groups excluding carboxylic acids is 2.